The van der Waals surface area contributed by atoms with E-state index in [1.807, 2.05) is 36.4 Å². The van der Waals surface area contributed by atoms with E-state index in [4.69, 9.17) is 9.47 Å². The fourth-order valence-electron chi connectivity index (χ4n) is 2.87. The fraction of sp³-hybridized carbons (Fsp3) is 0.316. The number of methoxy groups -OCH3 is 1. The van der Waals surface area contributed by atoms with Gasteiger partial charge in [-0.3, -0.25) is 4.79 Å². The van der Waals surface area contributed by atoms with Gasteiger partial charge in [0.1, 0.15) is 11.5 Å². The lowest BCUT2D eigenvalue weighted by Gasteiger charge is -2.32. The molecule has 0 aliphatic carbocycles. The lowest BCUT2D eigenvalue weighted by molar-refractivity contribution is -0.119. The Morgan fingerprint density at radius 3 is 2.75 bits per heavy atom. The third kappa shape index (κ3) is 3.51. The molecule has 24 heavy (non-hydrogen) atoms. The molecule has 1 aliphatic rings. The van der Waals surface area contributed by atoms with Crippen molar-refractivity contribution in [3.05, 3.63) is 54.1 Å². The number of hydrogen-bond acceptors (Lipinski definition) is 4. The van der Waals surface area contributed by atoms with E-state index in [1.54, 1.807) is 24.1 Å². The zero-order chi connectivity index (χ0) is 16.9. The Labute approximate surface area is 141 Å². The van der Waals surface area contributed by atoms with Crippen molar-refractivity contribution in [3.63, 3.8) is 0 Å². The summed E-state index contributed by atoms with van der Waals surface area (Å²) in [5.74, 6) is 1.42. The SMILES string of the molecule is COc1ccc2c(c1)C(O)CCN2C(=O)CCOc1ccccc1. The highest BCUT2D eigenvalue weighted by Gasteiger charge is 2.27. The van der Waals surface area contributed by atoms with Crippen molar-refractivity contribution in [1.82, 2.24) is 0 Å². The van der Waals surface area contributed by atoms with E-state index in [0.717, 1.165) is 17.0 Å². The Morgan fingerprint density at radius 2 is 2.00 bits per heavy atom. The maximum Gasteiger partial charge on any atom is 0.230 e. The highest BCUT2D eigenvalue weighted by Crippen LogP contribution is 2.36. The van der Waals surface area contributed by atoms with Crippen molar-refractivity contribution in [3.8, 4) is 11.5 Å². The second-order valence-corrected chi connectivity index (χ2v) is 5.69. The number of amides is 1. The normalized spacial score (nSPS) is 16.4. The fourth-order valence-corrected chi connectivity index (χ4v) is 2.87. The number of rotatable bonds is 5. The maximum atomic E-state index is 12.5. The summed E-state index contributed by atoms with van der Waals surface area (Å²) in [7, 11) is 1.58. The summed E-state index contributed by atoms with van der Waals surface area (Å²) >= 11 is 0. The molecule has 1 aliphatic heterocycles. The molecule has 0 fully saturated rings. The van der Waals surface area contributed by atoms with Crippen LogP contribution in [0.5, 0.6) is 11.5 Å². The first-order valence-electron chi connectivity index (χ1n) is 8.03. The van der Waals surface area contributed by atoms with Crippen molar-refractivity contribution in [1.29, 1.82) is 0 Å². The molecule has 2 aromatic rings. The van der Waals surface area contributed by atoms with E-state index in [0.29, 0.717) is 25.3 Å². The number of anilines is 1. The average molecular weight is 327 g/mol. The van der Waals surface area contributed by atoms with E-state index in [2.05, 4.69) is 0 Å². The first-order valence-corrected chi connectivity index (χ1v) is 8.03. The molecule has 0 spiro atoms. The molecule has 0 aromatic heterocycles. The van der Waals surface area contributed by atoms with E-state index in [-0.39, 0.29) is 12.3 Å². The highest BCUT2D eigenvalue weighted by atomic mass is 16.5. The lowest BCUT2D eigenvalue weighted by atomic mass is 9.98. The van der Waals surface area contributed by atoms with Gasteiger partial charge in [-0.05, 0) is 36.8 Å². The van der Waals surface area contributed by atoms with Gasteiger partial charge in [-0.15, -0.1) is 0 Å². The summed E-state index contributed by atoms with van der Waals surface area (Å²) in [5.41, 5.74) is 1.48. The summed E-state index contributed by atoms with van der Waals surface area (Å²) in [6.07, 6.45) is 0.238. The lowest BCUT2D eigenvalue weighted by Crippen LogP contribution is -2.37. The van der Waals surface area contributed by atoms with Crippen molar-refractivity contribution < 1.29 is 19.4 Å². The molecule has 0 bridgehead atoms. The third-order valence-corrected chi connectivity index (χ3v) is 4.14. The van der Waals surface area contributed by atoms with Crippen LogP contribution in [0, 0.1) is 0 Å². The van der Waals surface area contributed by atoms with Crippen LogP contribution in [0.15, 0.2) is 48.5 Å². The van der Waals surface area contributed by atoms with E-state index in [9.17, 15) is 9.90 Å². The molecule has 1 unspecified atom stereocenters. The third-order valence-electron chi connectivity index (χ3n) is 4.14. The second-order valence-electron chi connectivity index (χ2n) is 5.69. The van der Waals surface area contributed by atoms with Gasteiger partial charge in [-0.25, -0.2) is 0 Å². The van der Waals surface area contributed by atoms with Gasteiger partial charge in [0.15, 0.2) is 0 Å². The van der Waals surface area contributed by atoms with Crippen LogP contribution in [0.2, 0.25) is 0 Å². The molecule has 2 aromatic carbocycles. The maximum absolute atomic E-state index is 12.5. The van der Waals surface area contributed by atoms with Crippen LogP contribution in [0.3, 0.4) is 0 Å². The molecule has 126 valence electrons. The number of nitrogens with zero attached hydrogens (tertiary/aromatic N) is 1. The van der Waals surface area contributed by atoms with Gasteiger partial charge >= 0.3 is 0 Å². The second kappa shape index (κ2) is 7.36. The minimum atomic E-state index is -0.570. The summed E-state index contributed by atoms with van der Waals surface area (Å²) in [5, 5.41) is 10.2. The molecule has 0 radical (unpaired) electrons. The highest BCUT2D eigenvalue weighted by molar-refractivity contribution is 5.94. The van der Waals surface area contributed by atoms with E-state index in [1.165, 1.54) is 0 Å². The van der Waals surface area contributed by atoms with Crippen LogP contribution in [-0.4, -0.2) is 31.3 Å². The van der Waals surface area contributed by atoms with Crippen LogP contribution in [0.4, 0.5) is 5.69 Å². The van der Waals surface area contributed by atoms with Crippen LogP contribution >= 0.6 is 0 Å². The van der Waals surface area contributed by atoms with Gasteiger partial charge in [0.25, 0.3) is 0 Å². The number of benzene rings is 2. The van der Waals surface area contributed by atoms with Gasteiger partial charge in [-0.1, -0.05) is 18.2 Å². The predicted molar refractivity (Wildman–Crippen MR) is 91.5 cm³/mol. The summed E-state index contributed by atoms with van der Waals surface area (Å²) in [6, 6.07) is 14.9. The van der Waals surface area contributed by atoms with Crippen molar-refractivity contribution in [2.24, 2.45) is 0 Å². The van der Waals surface area contributed by atoms with Gasteiger partial charge < -0.3 is 19.5 Å². The number of para-hydroxylation sites is 1. The van der Waals surface area contributed by atoms with Gasteiger partial charge in [0.2, 0.25) is 5.91 Å². The molecule has 0 saturated heterocycles. The van der Waals surface area contributed by atoms with Gasteiger partial charge in [-0.2, -0.15) is 0 Å². The average Bonchev–Trinajstić information content (AvgIpc) is 2.62. The number of aliphatic hydroxyl groups excluding tert-OH is 1. The van der Waals surface area contributed by atoms with Crippen LogP contribution in [0.1, 0.15) is 24.5 Å². The van der Waals surface area contributed by atoms with E-state index >= 15 is 0 Å². The number of carbonyl (C=O) groups is 1. The minimum Gasteiger partial charge on any atom is -0.497 e. The van der Waals surface area contributed by atoms with E-state index < -0.39 is 6.10 Å². The summed E-state index contributed by atoms with van der Waals surface area (Å²) in [4.78, 5) is 14.3. The smallest absolute Gasteiger partial charge is 0.230 e. The molecule has 3 rings (SSSR count). The Hall–Kier alpha value is -2.53. The molecule has 0 saturated carbocycles. The monoisotopic (exact) mass is 327 g/mol. The zero-order valence-electron chi connectivity index (χ0n) is 13.6. The van der Waals surface area contributed by atoms with Crippen LogP contribution < -0.4 is 14.4 Å². The standard InChI is InChI=1S/C19H21NO4/c1-23-15-7-8-17-16(13-15)18(21)9-11-20(17)19(22)10-12-24-14-5-3-2-4-6-14/h2-8,13,18,21H,9-12H2,1H3. The molecule has 5 nitrogen and oxygen atoms in total. The Kier molecular flexibility index (Phi) is 5.01. The Morgan fingerprint density at radius 1 is 1.21 bits per heavy atom. The number of carbonyl (C=O) groups excluding carboxylic acids is 1. The van der Waals surface area contributed by atoms with Crippen molar-refractivity contribution in [2.75, 3.05) is 25.2 Å². The first-order chi connectivity index (χ1) is 11.7. The Balaban J connectivity index is 1.66. The van der Waals surface area contributed by atoms with Crippen molar-refractivity contribution >= 4 is 11.6 Å². The molecule has 1 N–H and O–H groups in total. The Bertz CT molecular complexity index is 702. The predicted octanol–water partition coefficient (Wildman–Crippen LogP) is 2.93. The molecule has 1 atom stereocenters. The van der Waals surface area contributed by atoms with Crippen LogP contribution in [0.25, 0.3) is 0 Å². The first kappa shape index (κ1) is 16.3. The van der Waals surface area contributed by atoms with Gasteiger partial charge in [0.05, 0.1) is 26.2 Å². The zero-order valence-corrected chi connectivity index (χ0v) is 13.6. The minimum absolute atomic E-state index is 0.00996. The number of aliphatic hydroxyl groups is 1. The topological polar surface area (TPSA) is 59.0 Å². The quantitative estimate of drug-likeness (QED) is 0.917. The number of fused-ring (bicyclic) bond motifs is 1. The van der Waals surface area contributed by atoms with Crippen molar-refractivity contribution in [2.45, 2.75) is 18.9 Å². The number of ether oxygens (including phenoxy) is 2. The summed E-state index contributed by atoms with van der Waals surface area (Å²) < 4.78 is 10.8. The van der Waals surface area contributed by atoms with Gasteiger partial charge in [0, 0.05) is 17.8 Å². The molecule has 5 heteroatoms. The molecular formula is C19H21NO4. The summed E-state index contributed by atoms with van der Waals surface area (Å²) in [6.45, 7) is 0.831. The molecule has 1 amide bonds. The molecular weight excluding hydrogens is 306 g/mol. The largest absolute Gasteiger partial charge is 0.497 e. The molecule has 1 heterocycles. The van der Waals surface area contributed by atoms with Crippen LogP contribution in [-0.2, 0) is 4.79 Å². The number of hydrogen-bond donors (Lipinski definition) is 1.